The average Bonchev–Trinajstić information content (AvgIpc) is 3.65. The number of hydrogen-bond acceptors (Lipinski definition) is 6. The van der Waals surface area contributed by atoms with E-state index in [1.54, 1.807) is 0 Å². The molecule has 0 bridgehead atoms. The highest BCUT2D eigenvalue weighted by Gasteiger charge is 2.11. The number of rotatable bonds is 12. The van der Waals surface area contributed by atoms with Crippen LogP contribution in [0.5, 0.6) is 0 Å². The van der Waals surface area contributed by atoms with Crippen LogP contribution in [0, 0.1) is 0 Å². The Hall–Kier alpha value is -3.10. The molecule has 0 saturated heterocycles. The zero-order chi connectivity index (χ0) is 27.9. The number of benzene rings is 3. The van der Waals surface area contributed by atoms with Gasteiger partial charge in [-0.15, -0.1) is 22.7 Å². The quantitative estimate of drug-likeness (QED) is 0.139. The molecule has 0 atom stereocenters. The molecule has 8 N–H and O–H groups in total. The molecule has 3 aromatic carbocycles. The first-order chi connectivity index (χ1) is 19.6. The van der Waals surface area contributed by atoms with Gasteiger partial charge in [0.1, 0.15) is 0 Å². The van der Waals surface area contributed by atoms with Gasteiger partial charge < -0.3 is 22.9 Å². The van der Waals surface area contributed by atoms with Gasteiger partial charge in [-0.3, -0.25) is 0 Å². The van der Waals surface area contributed by atoms with Gasteiger partial charge >= 0.3 is 0 Å². The normalized spacial score (nSPS) is 11.3. The maximum absolute atomic E-state index is 5.86. The number of hydrogen-bond donors (Lipinski definition) is 4. The van der Waals surface area contributed by atoms with Gasteiger partial charge in [-0.1, -0.05) is 54.6 Å². The summed E-state index contributed by atoms with van der Waals surface area (Å²) in [6.07, 6.45) is 3.50. The molecule has 0 spiro atoms. The van der Waals surface area contributed by atoms with E-state index in [0.717, 1.165) is 25.7 Å². The molecule has 2 aromatic heterocycles. The molecule has 0 fully saturated rings. The standard InChI is InChI=1S/C34H38N4S2/c35-12-8-23-16-24(9-13-36)19-29(18-23)33-6-4-31(39-33)27-2-1-3-28(22-27)32-5-7-34(40-32)30-20-25(10-14-37)17-26(21-30)11-15-38/h1-7,16-22H,8-15,35-38H2. The lowest BCUT2D eigenvalue weighted by Crippen LogP contribution is -2.06. The van der Waals surface area contributed by atoms with Gasteiger partial charge in [0.2, 0.25) is 0 Å². The van der Waals surface area contributed by atoms with Crippen LogP contribution in [0.3, 0.4) is 0 Å². The van der Waals surface area contributed by atoms with Crippen molar-refractivity contribution in [3.63, 3.8) is 0 Å². The van der Waals surface area contributed by atoms with Crippen LogP contribution in [0.25, 0.3) is 41.8 Å². The molecule has 5 rings (SSSR count). The van der Waals surface area contributed by atoms with Crippen LogP contribution in [0.15, 0.2) is 84.9 Å². The second-order valence-electron chi connectivity index (χ2n) is 10.1. The molecule has 0 radical (unpaired) electrons. The minimum absolute atomic E-state index is 0.645. The molecule has 0 saturated carbocycles. The van der Waals surface area contributed by atoms with Crippen molar-refractivity contribution in [3.05, 3.63) is 107 Å². The van der Waals surface area contributed by atoms with Crippen LogP contribution in [-0.4, -0.2) is 26.2 Å². The molecule has 5 aromatic rings. The predicted molar refractivity (Wildman–Crippen MR) is 175 cm³/mol. The smallest absolute Gasteiger partial charge is 0.0349 e. The summed E-state index contributed by atoms with van der Waals surface area (Å²) in [5, 5.41) is 0. The van der Waals surface area contributed by atoms with Crippen LogP contribution in [0.2, 0.25) is 0 Å². The Balaban J connectivity index is 1.42. The van der Waals surface area contributed by atoms with E-state index in [4.69, 9.17) is 22.9 Å². The zero-order valence-corrected chi connectivity index (χ0v) is 24.5. The fourth-order valence-corrected chi connectivity index (χ4v) is 7.16. The van der Waals surface area contributed by atoms with Gasteiger partial charge in [-0.25, -0.2) is 0 Å². The predicted octanol–water partition coefficient (Wildman–Crippen LogP) is 6.48. The summed E-state index contributed by atoms with van der Waals surface area (Å²) in [5.74, 6) is 0. The molecule has 0 aliphatic carbocycles. The summed E-state index contributed by atoms with van der Waals surface area (Å²) >= 11 is 3.66. The van der Waals surface area contributed by atoms with Crippen molar-refractivity contribution in [1.82, 2.24) is 0 Å². The fourth-order valence-electron chi connectivity index (χ4n) is 5.18. The molecule has 0 amide bonds. The first-order valence-electron chi connectivity index (χ1n) is 14.0. The van der Waals surface area contributed by atoms with Crippen molar-refractivity contribution in [2.24, 2.45) is 22.9 Å². The lowest BCUT2D eigenvalue weighted by Gasteiger charge is -2.08. The average molecular weight is 567 g/mol. The van der Waals surface area contributed by atoms with Gasteiger partial charge in [0.25, 0.3) is 0 Å². The minimum Gasteiger partial charge on any atom is -0.330 e. The van der Waals surface area contributed by atoms with Crippen molar-refractivity contribution < 1.29 is 0 Å². The highest BCUT2D eigenvalue weighted by atomic mass is 32.1. The summed E-state index contributed by atoms with van der Waals surface area (Å²) in [5.41, 5.74) is 33.5. The van der Waals surface area contributed by atoms with E-state index in [1.807, 2.05) is 22.7 Å². The minimum atomic E-state index is 0.645. The second kappa shape index (κ2) is 13.5. The largest absolute Gasteiger partial charge is 0.330 e. The van der Waals surface area contributed by atoms with Crippen LogP contribution in [0.4, 0.5) is 0 Å². The first kappa shape index (κ1) is 28.4. The molecule has 206 valence electrons. The maximum Gasteiger partial charge on any atom is 0.0349 e. The summed E-state index contributed by atoms with van der Waals surface area (Å²) in [6, 6.07) is 31.4. The second-order valence-corrected chi connectivity index (χ2v) is 12.3. The van der Waals surface area contributed by atoms with Crippen molar-refractivity contribution >= 4 is 22.7 Å². The lowest BCUT2D eigenvalue weighted by molar-refractivity contribution is 0.941. The Kier molecular flexibility index (Phi) is 9.60. The molecular formula is C34H38N4S2. The van der Waals surface area contributed by atoms with Crippen LogP contribution in [0.1, 0.15) is 22.3 Å². The molecule has 6 heteroatoms. The Morgan fingerprint density at radius 1 is 0.375 bits per heavy atom. The third-order valence-electron chi connectivity index (χ3n) is 7.05. The molecule has 2 heterocycles. The van der Waals surface area contributed by atoms with E-state index >= 15 is 0 Å². The Bertz CT molecular complexity index is 1400. The molecule has 4 nitrogen and oxygen atoms in total. The Morgan fingerprint density at radius 2 is 0.700 bits per heavy atom. The van der Waals surface area contributed by atoms with Crippen LogP contribution in [-0.2, 0) is 25.7 Å². The number of thiophene rings is 2. The van der Waals surface area contributed by atoms with Crippen LogP contribution < -0.4 is 22.9 Å². The van der Waals surface area contributed by atoms with E-state index in [2.05, 4.69) is 84.9 Å². The van der Waals surface area contributed by atoms with Gasteiger partial charge in [0.05, 0.1) is 0 Å². The van der Waals surface area contributed by atoms with E-state index < -0.39 is 0 Å². The molecule has 0 aliphatic rings. The fraction of sp³-hybridized carbons (Fsp3) is 0.235. The highest BCUT2D eigenvalue weighted by Crippen LogP contribution is 2.39. The topological polar surface area (TPSA) is 104 Å². The van der Waals surface area contributed by atoms with E-state index in [-0.39, 0.29) is 0 Å². The molecule has 0 unspecified atom stereocenters. The van der Waals surface area contributed by atoms with Crippen molar-refractivity contribution in [1.29, 1.82) is 0 Å². The van der Waals surface area contributed by atoms with Gasteiger partial charge in [-0.2, -0.15) is 0 Å². The number of nitrogens with two attached hydrogens (primary N) is 4. The first-order valence-corrected chi connectivity index (χ1v) is 15.6. The van der Waals surface area contributed by atoms with Gasteiger partial charge in [0, 0.05) is 19.5 Å². The Labute approximate surface area is 245 Å². The maximum atomic E-state index is 5.86. The third-order valence-corrected chi connectivity index (χ3v) is 9.42. The van der Waals surface area contributed by atoms with Crippen molar-refractivity contribution in [3.8, 4) is 41.8 Å². The monoisotopic (exact) mass is 566 g/mol. The lowest BCUT2D eigenvalue weighted by atomic mass is 10.0. The van der Waals surface area contributed by atoms with Gasteiger partial charge in [0.15, 0.2) is 0 Å². The zero-order valence-electron chi connectivity index (χ0n) is 22.9. The van der Waals surface area contributed by atoms with E-state index in [1.165, 1.54) is 64.0 Å². The summed E-state index contributed by atoms with van der Waals surface area (Å²) in [6.45, 7) is 2.58. The SMILES string of the molecule is NCCc1cc(CCN)cc(-c2ccc(-c3cccc(-c4ccc(-c5cc(CCN)cc(CCN)c5)s4)c3)s2)c1. The third kappa shape index (κ3) is 6.78. The summed E-state index contributed by atoms with van der Waals surface area (Å²) in [4.78, 5) is 5.06. The van der Waals surface area contributed by atoms with Crippen LogP contribution >= 0.6 is 22.7 Å². The van der Waals surface area contributed by atoms with E-state index in [0.29, 0.717) is 26.2 Å². The molecule has 40 heavy (non-hydrogen) atoms. The molecular weight excluding hydrogens is 529 g/mol. The van der Waals surface area contributed by atoms with Crippen molar-refractivity contribution in [2.45, 2.75) is 25.7 Å². The highest BCUT2D eigenvalue weighted by molar-refractivity contribution is 7.19. The van der Waals surface area contributed by atoms with E-state index in [9.17, 15) is 0 Å². The van der Waals surface area contributed by atoms with Crippen molar-refractivity contribution in [2.75, 3.05) is 26.2 Å². The molecule has 0 aliphatic heterocycles. The summed E-state index contributed by atoms with van der Waals surface area (Å²) < 4.78 is 0. The van der Waals surface area contributed by atoms with Gasteiger partial charge in [-0.05, 0) is 127 Å². The summed E-state index contributed by atoms with van der Waals surface area (Å²) in [7, 11) is 0. The Morgan fingerprint density at radius 3 is 1.02 bits per heavy atom.